The molecule has 27 heavy (non-hydrogen) atoms. The highest BCUT2D eigenvalue weighted by atomic mass is 32.2. The Morgan fingerprint density at radius 3 is 2.78 bits per heavy atom. The smallest absolute Gasteiger partial charge is 0.243 e. The molecule has 0 saturated carbocycles. The Bertz CT molecular complexity index is 604. The Kier molecular flexibility index (Phi) is 9.41. The molecule has 2 rings (SSSR count). The maximum Gasteiger partial charge on any atom is 0.243 e. The molecule has 0 spiro atoms. The summed E-state index contributed by atoms with van der Waals surface area (Å²) in [6, 6.07) is 6.53. The predicted molar refractivity (Wildman–Crippen MR) is 108 cm³/mol. The third-order valence-corrected chi connectivity index (χ3v) is 5.25. The normalized spacial score (nSPS) is 17.0. The first-order chi connectivity index (χ1) is 13.0. The van der Waals surface area contributed by atoms with Crippen LogP contribution in [-0.4, -0.2) is 69.5 Å². The summed E-state index contributed by atoms with van der Waals surface area (Å²) in [6.45, 7) is 3.23. The second-order valence-corrected chi connectivity index (χ2v) is 7.81. The van der Waals surface area contributed by atoms with E-state index in [0.29, 0.717) is 11.9 Å². The topological polar surface area (TPSA) is 66.0 Å². The standard InChI is InChI=1S/C19H29FN4O2S/c1-24(2)18(25)13-23-19(22-12-15-8-10-26-14-15)21-9-3-11-27-17-6-4-16(20)5-7-17/h4-7,15H,3,8-14H2,1-2H3,(H2,21,22,23). The molecule has 1 heterocycles. The number of hydrogen-bond acceptors (Lipinski definition) is 4. The van der Waals surface area contributed by atoms with Crippen LogP contribution in [0.1, 0.15) is 12.8 Å². The van der Waals surface area contributed by atoms with E-state index in [1.807, 2.05) is 0 Å². The fraction of sp³-hybridized carbons (Fsp3) is 0.579. The molecule has 1 aromatic carbocycles. The number of benzene rings is 1. The van der Waals surface area contributed by atoms with Gasteiger partial charge in [0.15, 0.2) is 5.96 Å². The molecule has 150 valence electrons. The van der Waals surface area contributed by atoms with Gasteiger partial charge < -0.3 is 20.3 Å². The van der Waals surface area contributed by atoms with Crippen LogP contribution in [0.25, 0.3) is 0 Å². The summed E-state index contributed by atoms with van der Waals surface area (Å²) in [5.41, 5.74) is 0. The van der Waals surface area contributed by atoms with E-state index in [2.05, 4.69) is 15.6 Å². The molecule has 1 aromatic rings. The van der Waals surface area contributed by atoms with E-state index >= 15 is 0 Å². The number of aliphatic imine (C=N–C) groups is 1. The summed E-state index contributed by atoms with van der Waals surface area (Å²) >= 11 is 1.69. The van der Waals surface area contributed by atoms with Gasteiger partial charge in [0.1, 0.15) is 12.4 Å². The minimum absolute atomic E-state index is 0.0350. The molecule has 1 fully saturated rings. The largest absolute Gasteiger partial charge is 0.381 e. The van der Waals surface area contributed by atoms with Gasteiger partial charge in [-0.1, -0.05) is 0 Å². The molecule has 0 radical (unpaired) electrons. The summed E-state index contributed by atoms with van der Waals surface area (Å²) < 4.78 is 18.3. The van der Waals surface area contributed by atoms with Crippen molar-refractivity contribution in [3.05, 3.63) is 30.1 Å². The second kappa shape index (κ2) is 11.8. The van der Waals surface area contributed by atoms with Gasteiger partial charge in [-0.3, -0.25) is 4.79 Å². The highest BCUT2D eigenvalue weighted by Gasteiger charge is 2.16. The van der Waals surface area contributed by atoms with Crippen molar-refractivity contribution in [1.29, 1.82) is 0 Å². The number of guanidine groups is 1. The summed E-state index contributed by atoms with van der Waals surface area (Å²) in [6.07, 6.45) is 1.97. The van der Waals surface area contributed by atoms with Crippen molar-refractivity contribution < 1.29 is 13.9 Å². The fourth-order valence-electron chi connectivity index (χ4n) is 2.45. The first kappa shape index (κ1) is 21.5. The van der Waals surface area contributed by atoms with E-state index < -0.39 is 0 Å². The van der Waals surface area contributed by atoms with Gasteiger partial charge in [0.2, 0.25) is 5.91 Å². The molecule has 8 heteroatoms. The lowest BCUT2D eigenvalue weighted by Gasteiger charge is -2.15. The van der Waals surface area contributed by atoms with E-state index in [9.17, 15) is 9.18 Å². The first-order valence-corrected chi connectivity index (χ1v) is 10.2. The second-order valence-electron chi connectivity index (χ2n) is 6.65. The van der Waals surface area contributed by atoms with Crippen molar-refractivity contribution in [3.63, 3.8) is 0 Å². The molecule has 6 nitrogen and oxygen atoms in total. The van der Waals surface area contributed by atoms with Gasteiger partial charge >= 0.3 is 0 Å². The molecular weight excluding hydrogens is 367 g/mol. The number of rotatable bonds is 9. The average Bonchev–Trinajstić information content (AvgIpc) is 3.17. The quantitative estimate of drug-likeness (QED) is 0.289. The van der Waals surface area contributed by atoms with Crippen LogP contribution in [0, 0.1) is 11.7 Å². The number of likely N-dealkylation sites (N-methyl/N-ethyl adjacent to an activating group) is 1. The maximum atomic E-state index is 12.9. The van der Waals surface area contributed by atoms with E-state index in [4.69, 9.17) is 4.74 Å². The van der Waals surface area contributed by atoms with Crippen LogP contribution < -0.4 is 10.6 Å². The summed E-state index contributed by atoms with van der Waals surface area (Å²) in [5.74, 6) is 1.80. The molecule has 0 bridgehead atoms. The van der Waals surface area contributed by atoms with Gasteiger partial charge in [0.25, 0.3) is 0 Å². The Labute approximate surface area is 164 Å². The van der Waals surface area contributed by atoms with Crippen LogP contribution >= 0.6 is 11.8 Å². The Morgan fingerprint density at radius 2 is 2.11 bits per heavy atom. The number of thioether (sulfide) groups is 1. The molecule has 1 aliphatic heterocycles. The van der Waals surface area contributed by atoms with Crippen molar-refractivity contribution >= 4 is 23.6 Å². The monoisotopic (exact) mass is 396 g/mol. The Hall–Kier alpha value is -1.80. The fourth-order valence-corrected chi connectivity index (χ4v) is 3.30. The van der Waals surface area contributed by atoms with Gasteiger partial charge in [-0.15, -0.1) is 11.8 Å². The summed E-state index contributed by atoms with van der Waals surface area (Å²) in [7, 11) is 3.45. The van der Waals surface area contributed by atoms with E-state index in [1.165, 1.54) is 17.0 Å². The van der Waals surface area contributed by atoms with Crippen LogP contribution in [0.3, 0.4) is 0 Å². The van der Waals surface area contributed by atoms with Crippen molar-refractivity contribution in [2.75, 3.05) is 52.7 Å². The number of nitrogens with zero attached hydrogens (tertiary/aromatic N) is 2. The Balaban J connectivity index is 1.73. The van der Waals surface area contributed by atoms with Crippen LogP contribution in [0.2, 0.25) is 0 Å². The van der Waals surface area contributed by atoms with Crippen LogP contribution in [0.4, 0.5) is 4.39 Å². The molecule has 1 atom stereocenters. The first-order valence-electron chi connectivity index (χ1n) is 9.23. The lowest BCUT2D eigenvalue weighted by atomic mass is 10.1. The molecule has 0 aromatic heterocycles. The van der Waals surface area contributed by atoms with Crippen molar-refractivity contribution in [1.82, 2.24) is 15.5 Å². The van der Waals surface area contributed by atoms with Crippen LogP contribution in [0.5, 0.6) is 0 Å². The van der Waals surface area contributed by atoms with E-state index in [-0.39, 0.29) is 18.3 Å². The summed E-state index contributed by atoms with van der Waals surface area (Å²) in [5, 5.41) is 6.60. The zero-order valence-corrected chi connectivity index (χ0v) is 16.9. The van der Waals surface area contributed by atoms with Crippen LogP contribution in [0.15, 0.2) is 34.2 Å². The van der Waals surface area contributed by atoms with Crippen molar-refractivity contribution in [2.45, 2.75) is 17.7 Å². The Morgan fingerprint density at radius 1 is 1.33 bits per heavy atom. The zero-order valence-electron chi connectivity index (χ0n) is 16.0. The molecule has 1 saturated heterocycles. The molecule has 1 amide bonds. The average molecular weight is 397 g/mol. The number of nitrogens with one attached hydrogen (secondary N) is 2. The van der Waals surface area contributed by atoms with E-state index in [1.54, 1.807) is 38.0 Å². The molecule has 1 unspecified atom stereocenters. The predicted octanol–water partition coefficient (Wildman–Crippen LogP) is 1.97. The molecule has 1 aliphatic rings. The van der Waals surface area contributed by atoms with Gasteiger partial charge in [-0.05, 0) is 42.9 Å². The minimum Gasteiger partial charge on any atom is -0.381 e. The van der Waals surface area contributed by atoms with Crippen molar-refractivity contribution in [3.8, 4) is 0 Å². The lowest BCUT2D eigenvalue weighted by Crippen LogP contribution is -2.41. The number of hydrogen-bond donors (Lipinski definition) is 2. The summed E-state index contributed by atoms with van der Waals surface area (Å²) in [4.78, 5) is 18.8. The lowest BCUT2D eigenvalue weighted by molar-refractivity contribution is -0.127. The van der Waals surface area contributed by atoms with Gasteiger partial charge in [-0.25, -0.2) is 9.38 Å². The molecule has 2 N–H and O–H groups in total. The van der Waals surface area contributed by atoms with Gasteiger partial charge in [-0.2, -0.15) is 0 Å². The number of ether oxygens (including phenoxy) is 1. The van der Waals surface area contributed by atoms with Crippen molar-refractivity contribution in [2.24, 2.45) is 10.9 Å². The number of carbonyl (C=O) groups excluding carboxylic acids is 1. The van der Waals surface area contributed by atoms with Gasteiger partial charge in [0.05, 0.1) is 6.61 Å². The van der Waals surface area contributed by atoms with Crippen LogP contribution in [-0.2, 0) is 9.53 Å². The zero-order chi connectivity index (χ0) is 19.5. The third kappa shape index (κ3) is 8.62. The molecular formula is C19H29FN4O2S. The third-order valence-electron chi connectivity index (χ3n) is 4.15. The number of amides is 1. The SMILES string of the molecule is CN(C)C(=O)CN=C(NCCCSc1ccc(F)cc1)NCC1CCOC1. The number of carbonyl (C=O) groups is 1. The number of halogens is 1. The minimum atomic E-state index is -0.215. The van der Waals surface area contributed by atoms with E-state index in [0.717, 1.165) is 49.8 Å². The van der Waals surface area contributed by atoms with Gasteiger partial charge in [0, 0.05) is 44.6 Å². The molecule has 0 aliphatic carbocycles. The highest BCUT2D eigenvalue weighted by Crippen LogP contribution is 2.18. The highest BCUT2D eigenvalue weighted by molar-refractivity contribution is 7.99. The maximum absolute atomic E-state index is 12.9.